The first-order chi connectivity index (χ1) is 10.8. The highest BCUT2D eigenvalue weighted by Gasteiger charge is 2.35. The number of morpholine rings is 1. The van der Waals surface area contributed by atoms with E-state index in [0.717, 1.165) is 5.56 Å². The minimum atomic E-state index is -0.689. The van der Waals surface area contributed by atoms with Gasteiger partial charge in [-0.25, -0.2) is 4.79 Å². The zero-order chi connectivity index (χ0) is 17.0. The van der Waals surface area contributed by atoms with Gasteiger partial charge in [-0.2, -0.15) is 0 Å². The fraction of sp³-hybridized carbons (Fsp3) is 0.611. The van der Waals surface area contributed by atoms with Crippen LogP contribution in [0.2, 0.25) is 0 Å². The molecule has 128 valence electrons. The minimum Gasteiger partial charge on any atom is -0.444 e. The molecule has 1 aromatic carbocycles. The number of hydrogen-bond donors (Lipinski definition) is 1. The van der Waals surface area contributed by atoms with Gasteiger partial charge in [0.1, 0.15) is 5.60 Å². The summed E-state index contributed by atoms with van der Waals surface area (Å²) >= 11 is 0. The molecular formula is C18H27NO4. The lowest BCUT2D eigenvalue weighted by Crippen LogP contribution is -2.55. The molecule has 0 radical (unpaired) electrons. The molecule has 0 spiro atoms. The third-order valence-electron chi connectivity index (χ3n) is 3.80. The van der Waals surface area contributed by atoms with Gasteiger partial charge in [-0.3, -0.25) is 4.90 Å². The minimum absolute atomic E-state index is 0.326. The zero-order valence-electron chi connectivity index (χ0n) is 14.4. The van der Waals surface area contributed by atoms with Crippen LogP contribution in [0, 0.1) is 6.92 Å². The van der Waals surface area contributed by atoms with E-state index in [1.165, 1.54) is 5.56 Å². The second kappa shape index (κ2) is 7.32. The Morgan fingerprint density at radius 2 is 2.04 bits per heavy atom. The Bertz CT molecular complexity index is 521. The number of hydrogen-bond acceptors (Lipinski definition) is 4. The number of aryl methyl sites for hydroxylation is 1. The zero-order valence-corrected chi connectivity index (χ0v) is 14.4. The topological polar surface area (TPSA) is 59.0 Å². The summed E-state index contributed by atoms with van der Waals surface area (Å²) in [6.45, 7) is 8.76. The van der Waals surface area contributed by atoms with E-state index in [4.69, 9.17) is 9.47 Å². The smallest absolute Gasteiger partial charge is 0.410 e. The van der Waals surface area contributed by atoms with Crippen LogP contribution in [0.1, 0.15) is 31.9 Å². The third-order valence-corrected chi connectivity index (χ3v) is 3.80. The lowest BCUT2D eigenvalue weighted by molar-refractivity contribution is -0.0660. The van der Waals surface area contributed by atoms with Gasteiger partial charge in [-0.1, -0.05) is 29.8 Å². The average molecular weight is 321 g/mol. The van der Waals surface area contributed by atoms with E-state index in [9.17, 15) is 9.90 Å². The number of amides is 1. The maximum atomic E-state index is 12.4. The first kappa shape index (κ1) is 17.8. The normalized spacial score (nSPS) is 20.2. The number of aliphatic hydroxyl groups excluding tert-OH is 1. The molecule has 1 heterocycles. The predicted octanol–water partition coefficient (Wildman–Crippen LogP) is 2.53. The van der Waals surface area contributed by atoms with Crippen molar-refractivity contribution in [3.8, 4) is 0 Å². The number of carbonyl (C=O) groups excluding carboxylic acids is 1. The number of aliphatic hydroxyl groups is 1. The molecule has 23 heavy (non-hydrogen) atoms. The Balaban J connectivity index is 2.04. The molecule has 1 aromatic rings. The van der Waals surface area contributed by atoms with Gasteiger partial charge in [0.15, 0.2) is 0 Å². The summed E-state index contributed by atoms with van der Waals surface area (Å²) in [4.78, 5) is 14.0. The third kappa shape index (κ3) is 5.22. The van der Waals surface area contributed by atoms with Gasteiger partial charge < -0.3 is 14.6 Å². The standard InChI is InChI=1S/C18H27NO4/c1-13-5-7-14(8-6-13)11-16(20)15-12-22-10-9-19(15)17(21)23-18(2,3)4/h5-8,15-16,20H,9-12H2,1-4H3. The van der Waals surface area contributed by atoms with E-state index in [-0.39, 0.29) is 6.04 Å². The first-order valence-corrected chi connectivity index (χ1v) is 8.07. The fourth-order valence-corrected chi connectivity index (χ4v) is 2.59. The second-order valence-corrected chi connectivity index (χ2v) is 7.07. The van der Waals surface area contributed by atoms with E-state index in [0.29, 0.717) is 26.2 Å². The summed E-state index contributed by atoms with van der Waals surface area (Å²) in [7, 11) is 0. The molecule has 5 nitrogen and oxygen atoms in total. The summed E-state index contributed by atoms with van der Waals surface area (Å²) in [5.41, 5.74) is 1.67. The Hall–Kier alpha value is -1.59. The largest absolute Gasteiger partial charge is 0.444 e. The molecular weight excluding hydrogens is 294 g/mol. The van der Waals surface area contributed by atoms with Crippen molar-refractivity contribution in [1.82, 2.24) is 4.90 Å². The Morgan fingerprint density at radius 3 is 2.65 bits per heavy atom. The van der Waals surface area contributed by atoms with Gasteiger partial charge in [0, 0.05) is 13.0 Å². The summed E-state index contributed by atoms with van der Waals surface area (Å²) in [6, 6.07) is 7.65. The van der Waals surface area contributed by atoms with Crippen molar-refractivity contribution in [1.29, 1.82) is 0 Å². The van der Waals surface area contributed by atoms with Crippen molar-refractivity contribution in [2.75, 3.05) is 19.8 Å². The molecule has 0 aromatic heterocycles. The van der Waals surface area contributed by atoms with E-state index in [1.807, 2.05) is 52.0 Å². The fourth-order valence-electron chi connectivity index (χ4n) is 2.59. The van der Waals surface area contributed by atoms with Crippen molar-refractivity contribution >= 4 is 6.09 Å². The van der Waals surface area contributed by atoms with E-state index >= 15 is 0 Å². The van der Waals surface area contributed by atoms with Crippen LogP contribution in [0.15, 0.2) is 24.3 Å². The van der Waals surface area contributed by atoms with E-state index < -0.39 is 17.8 Å². The molecule has 2 rings (SSSR count). The number of rotatable bonds is 3. The van der Waals surface area contributed by atoms with Crippen LogP contribution in [0.5, 0.6) is 0 Å². The summed E-state index contributed by atoms with van der Waals surface area (Å²) in [6.07, 6.45) is -0.604. The lowest BCUT2D eigenvalue weighted by Gasteiger charge is -2.38. The van der Waals surface area contributed by atoms with Crippen LogP contribution in [0.3, 0.4) is 0 Å². The van der Waals surface area contributed by atoms with Crippen molar-refractivity contribution < 1.29 is 19.4 Å². The van der Waals surface area contributed by atoms with Crippen LogP contribution in [0.4, 0.5) is 4.79 Å². The van der Waals surface area contributed by atoms with Crippen molar-refractivity contribution in [2.24, 2.45) is 0 Å². The number of ether oxygens (including phenoxy) is 2. The molecule has 2 atom stereocenters. The highest BCUT2D eigenvalue weighted by atomic mass is 16.6. The van der Waals surface area contributed by atoms with Crippen molar-refractivity contribution in [2.45, 2.75) is 51.9 Å². The van der Waals surface area contributed by atoms with Crippen LogP contribution in [-0.4, -0.2) is 53.6 Å². The molecule has 0 bridgehead atoms. The molecule has 2 unspecified atom stereocenters. The second-order valence-electron chi connectivity index (χ2n) is 7.07. The van der Waals surface area contributed by atoms with Gasteiger partial charge in [-0.15, -0.1) is 0 Å². The Labute approximate surface area is 138 Å². The molecule has 1 aliphatic rings. The maximum absolute atomic E-state index is 12.4. The van der Waals surface area contributed by atoms with Gasteiger partial charge in [-0.05, 0) is 33.3 Å². The predicted molar refractivity (Wildman–Crippen MR) is 88.4 cm³/mol. The summed E-state index contributed by atoms with van der Waals surface area (Å²) in [5, 5.41) is 10.6. The van der Waals surface area contributed by atoms with Crippen LogP contribution < -0.4 is 0 Å². The van der Waals surface area contributed by atoms with Gasteiger partial charge in [0.2, 0.25) is 0 Å². The SMILES string of the molecule is Cc1ccc(CC(O)C2COCCN2C(=O)OC(C)(C)C)cc1. The number of carbonyl (C=O) groups is 1. The quantitative estimate of drug-likeness (QED) is 0.929. The molecule has 0 saturated carbocycles. The molecule has 1 amide bonds. The number of benzene rings is 1. The average Bonchev–Trinajstić information content (AvgIpc) is 2.48. The monoisotopic (exact) mass is 321 g/mol. The van der Waals surface area contributed by atoms with Crippen LogP contribution in [-0.2, 0) is 15.9 Å². The molecule has 5 heteroatoms. The van der Waals surface area contributed by atoms with Gasteiger partial charge in [0.25, 0.3) is 0 Å². The Kier molecular flexibility index (Phi) is 5.65. The molecule has 1 N–H and O–H groups in total. The number of nitrogens with zero attached hydrogens (tertiary/aromatic N) is 1. The molecule has 1 aliphatic heterocycles. The highest BCUT2D eigenvalue weighted by molar-refractivity contribution is 5.68. The van der Waals surface area contributed by atoms with E-state index in [1.54, 1.807) is 4.90 Å². The Morgan fingerprint density at radius 1 is 1.39 bits per heavy atom. The van der Waals surface area contributed by atoms with E-state index in [2.05, 4.69) is 0 Å². The molecule has 0 aliphatic carbocycles. The van der Waals surface area contributed by atoms with Crippen LogP contribution in [0.25, 0.3) is 0 Å². The van der Waals surface area contributed by atoms with Crippen molar-refractivity contribution in [3.63, 3.8) is 0 Å². The maximum Gasteiger partial charge on any atom is 0.410 e. The summed E-state index contributed by atoms with van der Waals surface area (Å²) in [5.74, 6) is 0. The van der Waals surface area contributed by atoms with Crippen LogP contribution >= 0.6 is 0 Å². The molecule has 1 fully saturated rings. The summed E-state index contributed by atoms with van der Waals surface area (Å²) < 4.78 is 10.9. The van der Waals surface area contributed by atoms with Gasteiger partial charge in [0.05, 0.1) is 25.4 Å². The van der Waals surface area contributed by atoms with Crippen molar-refractivity contribution in [3.05, 3.63) is 35.4 Å². The highest BCUT2D eigenvalue weighted by Crippen LogP contribution is 2.19. The molecule has 1 saturated heterocycles. The lowest BCUT2D eigenvalue weighted by atomic mass is 10.00. The first-order valence-electron chi connectivity index (χ1n) is 8.07. The van der Waals surface area contributed by atoms with Gasteiger partial charge >= 0.3 is 6.09 Å².